The van der Waals surface area contributed by atoms with E-state index in [1.54, 1.807) is 36.4 Å². The quantitative estimate of drug-likeness (QED) is 0.193. The first-order valence-corrected chi connectivity index (χ1v) is 16.1. The highest BCUT2D eigenvalue weighted by atomic mass is 35.5. The Morgan fingerprint density at radius 2 is 1.41 bits per heavy atom. The molecule has 0 saturated carbocycles. The summed E-state index contributed by atoms with van der Waals surface area (Å²) in [6.07, 6.45) is 0.176. The van der Waals surface area contributed by atoms with Gasteiger partial charge in [0.2, 0.25) is 11.8 Å². The second-order valence-corrected chi connectivity index (χ2v) is 13.0. The van der Waals surface area contributed by atoms with Gasteiger partial charge in [0.25, 0.3) is 10.0 Å². The number of sulfonamides is 1. The zero-order valence-corrected chi connectivity index (χ0v) is 26.1. The predicted molar refractivity (Wildman–Crippen MR) is 171 cm³/mol. The number of nitrogens with one attached hydrogen (secondary N) is 1. The third kappa shape index (κ3) is 8.45. The Balaban J connectivity index is 1.79. The monoisotopic (exact) mass is 635 g/mol. The molecule has 1 N–H and O–H groups in total. The van der Waals surface area contributed by atoms with Gasteiger partial charge in [0.05, 0.1) is 15.6 Å². The van der Waals surface area contributed by atoms with E-state index in [2.05, 4.69) is 5.32 Å². The average molecular weight is 636 g/mol. The van der Waals surface area contributed by atoms with Crippen LogP contribution in [0.15, 0.2) is 114 Å². The maximum Gasteiger partial charge on any atom is 0.264 e. The molecule has 2 amide bonds. The van der Waals surface area contributed by atoms with E-state index in [9.17, 15) is 22.4 Å². The predicted octanol–water partition coefficient (Wildman–Crippen LogP) is 6.09. The Hall–Kier alpha value is -4.21. The summed E-state index contributed by atoms with van der Waals surface area (Å²) in [5.74, 6) is -1.30. The fourth-order valence-electron chi connectivity index (χ4n) is 4.65. The van der Waals surface area contributed by atoms with Gasteiger partial charge in [0, 0.05) is 19.5 Å². The van der Waals surface area contributed by atoms with E-state index < -0.39 is 34.3 Å². The fourth-order valence-corrected chi connectivity index (χ4v) is 6.39. The summed E-state index contributed by atoms with van der Waals surface area (Å²) >= 11 is 6.48. The van der Waals surface area contributed by atoms with Gasteiger partial charge in [-0.1, -0.05) is 98.2 Å². The van der Waals surface area contributed by atoms with Gasteiger partial charge in [-0.05, 0) is 53.4 Å². The molecular formula is C34H35ClFN3O4S. The van der Waals surface area contributed by atoms with Gasteiger partial charge < -0.3 is 10.2 Å². The number of rotatable bonds is 13. The van der Waals surface area contributed by atoms with E-state index in [4.69, 9.17) is 11.6 Å². The first-order chi connectivity index (χ1) is 21.1. The van der Waals surface area contributed by atoms with Crippen LogP contribution in [-0.2, 0) is 32.6 Å². The van der Waals surface area contributed by atoms with E-state index in [1.165, 1.54) is 47.4 Å². The highest BCUT2D eigenvalue weighted by Crippen LogP contribution is 2.31. The van der Waals surface area contributed by atoms with Crippen LogP contribution in [0.1, 0.15) is 25.0 Å². The molecule has 1 atom stereocenters. The molecule has 230 valence electrons. The lowest BCUT2D eigenvalue weighted by molar-refractivity contribution is -0.140. The molecule has 7 nitrogen and oxygen atoms in total. The van der Waals surface area contributed by atoms with Crippen molar-refractivity contribution in [2.24, 2.45) is 5.92 Å². The molecular weight excluding hydrogens is 601 g/mol. The van der Waals surface area contributed by atoms with Gasteiger partial charge in [-0.15, -0.1) is 0 Å². The smallest absolute Gasteiger partial charge is 0.264 e. The van der Waals surface area contributed by atoms with E-state index in [0.29, 0.717) is 12.1 Å². The Kier molecular flexibility index (Phi) is 11.1. The summed E-state index contributed by atoms with van der Waals surface area (Å²) < 4.78 is 42.7. The van der Waals surface area contributed by atoms with Gasteiger partial charge in [0.1, 0.15) is 18.4 Å². The number of anilines is 1. The summed E-state index contributed by atoms with van der Waals surface area (Å²) in [6.45, 7) is 3.61. The lowest BCUT2D eigenvalue weighted by Crippen LogP contribution is -2.53. The lowest BCUT2D eigenvalue weighted by atomic mass is 10.0. The van der Waals surface area contributed by atoms with Crippen LogP contribution in [0.5, 0.6) is 0 Å². The first-order valence-electron chi connectivity index (χ1n) is 14.2. The maximum absolute atomic E-state index is 14.4. The van der Waals surface area contributed by atoms with Crippen molar-refractivity contribution < 1.29 is 22.4 Å². The molecule has 0 radical (unpaired) electrons. The van der Waals surface area contributed by atoms with Crippen molar-refractivity contribution in [3.63, 3.8) is 0 Å². The fraction of sp³-hybridized carbons (Fsp3) is 0.235. The summed E-state index contributed by atoms with van der Waals surface area (Å²) in [7, 11) is -4.26. The van der Waals surface area contributed by atoms with Gasteiger partial charge in [0.15, 0.2) is 0 Å². The normalized spacial score (nSPS) is 12.0. The summed E-state index contributed by atoms with van der Waals surface area (Å²) in [5, 5.41) is 3.08. The zero-order chi connectivity index (χ0) is 31.7. The molecule has 4 rings (SSSR count). The van der Waals surface area contributed by atoms with Crippen LogP contribution in [0.3, 0.4) is 0 Å². The van der Waals surface area contributed by atoms with Gasteiger partial charge >= 0.3 is 0 Å². The lowest BCUT2D eigenvalue weighted by Gasteiger charge is -2.34. The van der Waals surface area contributed by atoms with Crippen molar-refractivity contribution in [1.29, 1.82) is 0 Å². The number of halogens is 2. The van der Waals surface area contributed by atoms with E-state index in [1.807, 2.05) is 44.2 Å². The number of hydrogen-bond donors (Lipinski definition) is 1. The molecule has 0 aliphatic carbocycles. The molecule has 10 heteroatoms. The van der Waals surface area contributed by atoms with E-state index in [0.717, 1.165) is 9.87 Å². The molecule has 0 aromatic heterocycles. The van der Waals surface area contributed by atoms with Crippen LogP contribution in [0.25, 0.3) is 0 Å². The number of carbonyl (C=O) groups is 2. The van der Waals surface area contributed by atoms with Crippen molar-refractivity contribution in [1.82, 2.24) is 10.2 Å². The van der Waals surface area contributed by atoms with Crippen molar-refractivity contribution >= 4 is 39.1 Å². The Morgan fingerprint density at radius 1 is 0.818 bits per heavy atom. The molecule has 0 saturated heterocycles. The van der Waals surface area contributed by atoms with Crippen LogP contribution >= 0.6 is 11.6 Å². The van der Waals surface area contributed by atoms with Gasteiger partial charge in [-0.2, -0.15) is 0 Å². The van der Waals surface area contributed by atoms with E-state index >= 15 is 0 Å². The molecule has 0 spiro atoms. The molecule has 0 aliphatic rings. The molecule has 4 aromatic carbocycles. The Labute approximate surface area is 263 Å². The average Bonchev–Trinajstić information content (AvgIpc) is 3.02. The number of para-hydroxylation sites is 1. The molecule has 4 aromatic rings. The number of hydrogen-bond acceptors (Lipinski definition) is 4. The molecule has 0 aliphatic heterocycles. The van der Waals surface area contributed by atoms with Crippen molar-refractivity contribution in [3.05, 3.63) is 131 Å². The van der Waals surface area contributed by atoms with Gasteiger partial charge in [-0.25, -0.2) is 12.8 Å². The minimum atomic E-state index is -4.26. The first kappa shape index (κ1) is 32.7. The highest BCUT2D eigenvalue weighted by molar-refractivity contribution is 7.92. The number of amides is 2. The minimum absolute atomic E-state index is 0.0201. The molecule has 0 heterocycles. The number of benzene rings is 4. The second kappa shape index (κ2) is 15.0. The summed E-state index contributed by atoms with van der Waals surface area (Å²) in [5.41, 5.74) is 1.51. The van der Waals surface area contributed by atoms with Crippen molar-refractivity contribution in [2.75, 3.05) is 17.4 Å². The molecule has 0 fully saturated rings. The number of nitrogens with zero attached hydrogens (tertiary/aromatic N) is 2. The van der Waals surface area contributed by atoms with Crippen LogP contribution in [0.2, 0.25) is 5.02 Å². The Morgan fingerprint density at radius 3 is 2.02 bits per heavy atom. The van der Waals surface area contributed by atoms with Crippen LogP contribution in [0, 0.1) is 11.7 Å². The maximum atomic E-state index is 14.4. The van der Waals surface area contributed by atoms with Crippen LogP contribution < -0.4 is 9.62 Å². The highest BCUT2D eigenvalue weighted by Gasteiger charge is 2.35. The second-order valence-electron chi connectivity index (χ2n) is 10.8. The third-order valence-electron chi connectivity index (χ3n) is 6.95. The SMILES string of the molecule is CC(C)CNC(=O)[C@H](Cc1ccccc1)N(Cc1ccc(F)cc1)C(=O)CN(c1ccccc1Cl)S(=O)(=O)c1ccccc1. The number of carbonyl (C=O) groups excluding carboxylic acids is 2. The van der Waals surface area contributed by atoms with Crippen LogP contribution in [-0.4, -0.2) is 44.3 Å². The van der Waals surface area contributed by atoms with Crippen LogP contribution in [0.4, 0.5) is 10.1 Å². The molecule has 0 unspecified atom stereocenters. The minimum Gasteiger partial charge on any atom is -0.354 e. The standard InChI is InChI=1S/C34H35ClFN3O4S/c1-25(2)22-37-34(41)32(21-26-11-5-3-6-12-26)38(23-27-17-19-28(36)20-18-27)33(40)24-39(31-16-10-9-15-30(31)35)44(42,43)29-13-7-4-8-14-29/h3-20,25,32H,21-24H2,1-2H3,(H,37,41)/t32-/m0/s1. The molecule has 0 bridgehead atoms. The Bertz CT molecular complexity index is 1650. The summed E-state index contributed by atoms with van der Waals surface area (Å²) in [6, 6.07) is 28.0. The van der Waals surface area contributed by atoms with Gasteiger partial charge in [-0.3, -0.25) is 13.9 Å². The third-order valence-corrected chi connectivity index (χ3v) is 9.05. The zero-order valence-electron chi connectivity index (χ0n) is 24.6. The largest absolute Gasteiger partial charge is 0.354 e. The van der Waals surface area contributed by atoms with Crippen molar-refractivity contribution in [2.45, 2.75) is 37.8 Å². The topological polar surface area (TPSA) is 86.8 Å². The summed E-state index contributed by atoms with van der Waals surface area (Å²) in [4.78, 5) is 29.5. The van der Waals surface area contributed by atoms with Crippen molar-refractivity contribution in [3.8, 4) is 0 Å². The van der Waals surface area contributed by atoms with E-state index in [-0.39, 0.29) is 40.4 Å². The molecule has 44 heavy (non-hydrogen) atoms.